The summed E-state index contributed by atoms with van der Waals surface area (Å²) in [5, 5.41) is 6.63. The molecule has 0 unspecified atom stereocenters. The molecule has 0 radical (unpaired) electrons. The minimum Gasteiger partial charge on any atom is -0.359 e. The van der Waals surface area contributed by atoms with E-state index in [1.807, 2.05) is 0 Å². The number of hydrogen-bond acceptors (Lipinski definition) is 5. The van der Waals surface area contributed by atoms with Gasteiger partial charge in [0.1, 0.15) is 5.82 Å². The van der Waals surface area contributed by atoms with Gasteiger partial charge < -0.3 is 10.6 Å². The fourth-order valence-corrected chi connectivity index (χ4v) is 1.70. The van der Waals surface area contributed by atoms with Crippen molar-refractivity contribution in [2.75, 3.05) is 18.4 Å². The maximum absolute atomic E-state index is 10.6. The average Bonchev–Trinajstić information content (AvgIpc) is 2.61. The van der Waals surface area contributed by atoms with Crippen LogP contribution in [0.1, 0.15) is 26.1 Å². The molecule has 0 bridgehead atoms. The first-order valence-electron chi connectivity index (χ1n) is 5.03. The van der Waals surface area contributed by atoms with Crippen molar-refractivity contribution < 1.29 is 4.79 Å². The lowest BCUT2D eigenvalue weighted by Crippen LogP contribution is -2.26. The highest BCUT2D eigenvalue weighted by Gasteiger charge is 2.01. The van der Waals surface area contributed by atoms with Crippen molar-refractivity contribution in [3.63, 3.8) is 0 Å². The number of carbonyl (C=O) groups excluding carboxylic acids is 1. The topological polar surface area (TPSA) is 66.9 Å². The zero-order valence-electron chi connectivity index (χ0n) is 9.04. The van der Waals surface area contributed by atoms with Crippen molar-refractivity contribution >= 4 is 22.6 Å². The van der Waals surface area contributed by atoms with Gasteiger partial charge in [0.15, 0.2) is 0 Å². The smallest absolute Gasteiger partial charge is 0.216 e. The maximum atomic E-state index is 10.6. The monoisotopic (exact) mass is 228 g/mol. The molecule has 1 amide bonds. The Morgan fingerprint density at radius 3 is 2.93 bits per heavy atom. The number of aryl methyl sites for hydroxylation is 1. The van der Waals surface area contributed by atoms with Crippen LogP contribution in [-0.4, -0.2) is 28.4 Å². The van der Waals surface area contributed by atoms with Crippen LogP contribution in [0.15, 0.2) is 0 Å². The Labute approximate surface area is 93.5 Å². The number of aromatic nitrogens is 2. The van der Waals surface area contributed by atoms with Crippen LogP contribution in [-0.2, 0) is 11.2 Å². The van der Waals surface area contributed by atoms with Crippen molar-refractivity contribution in [1.82, 2.24) is 14.7 Å². The van der Waals surface area contributed by atoms with Gasteiger partial charge in [0.2, 0.25) is 11.0 Å². The Bertz CT molecular complexity index is 313. The average molecular weight is 228 g/mol. The second-order valence-corrected chi connectivity index (χ2v) is 3.93. The summed E-state index contributed by atoms with van der Waals surface area (Å²) in [6, 6.07) is 0. The van der Waals surface area contributed by atoms with Gasteiger partial charge in [-0.2, -0.15) is 4.37 Å². The highest BCUT2D eigenvalue weighted by Crippen LogP contribution is 2.11. The van der Waals surface area contributed by atoms with Crippen molar-refractivity contribution in [2.45, 2.75) is 26.7 Å². The predicted molar refractivity (Wildman–Crippen MR) is 61.1 cm³/mol. The van der Waals surface area contributed by atoms with Crippen LogP contribution in [0.25, 0.3) is 0 Å². The molecule has 0 saturated heterocycles. The Balaban J connectivity index is 2.22. The molecule has 6 heteroatoms. The van der Waals surface area contributed by atoms with E-state index < -0.39 is 0 Å². The van der Waals surface area contributed by atoms with Crippen LogP contribution in [0.4, 0.5) is 5.13 Å². The fourth-order valence-electron chi connectivity index (χ4n) is 1.06. The van der Waals surface area contributed by atoms with Gasteiger partial charge in [0, 0.05) is 38.0 Å². The predicted octanol–water partition coefficient (Wildman–Crippen LogP) is 1.04. The summed E-state index contributed by atoms with van der Waals surface area (Å²) in [4.78, 5) is 14.9. The summed E-state index contributed by atoms with van der Waals surface area (Å²) in [5.41, 5.74) is 0. The molecule has 1 aromatic rings. The molecule has 0 spiro atoms. The summed E-state index contributed by atoms with van der Waals surface area (Å²) in [6.45, 7) is 4.90. The molecule has 1 aromatic heterocycles. The zero-order chi connectivity index (χ0) is 11.1. The standard InChI is InChI=1S/C9H16N4OS/c1-3-4-8-12-9(15-13-8)11-6-5-10-7(2)14/h3-6H2,1-2H3,(H,10,14)(H,11,12,13). The molecule has 0 aliphatic carbocycles. The fraction of sp³-hybridized carbons (Fsp3) is 0.667. The van der Waals surface area contributed by atoms with E-state index in [2.05, 4.69) is 26.9 Å². The van der Waals surface area contributed by atoms with Gasteiger partial charge in [-0.15, -0.1) is 0 Å². The summed E-state index contributed by atoms with van der Waals surface area (Å²) in [6.07, 6.45) is 1.98. The molecule has 0 fully saturated rings. The lowest BCUT2D eigenvalue weighted by Gasteiger charge is -2.01. The van der Waals surface area contributed by atoms with E-state index in [0.717, 1.165) is 23.8 Å². The number of nitrogens with one attached hydrogen (secondary N) is 2. The molecule has 5 nitrogen and oxygen atoms in total. The molecule has 0 atom stereocenters. The van der Waals surface area contributed by atoms with Gasteiger partial charge in [-0.25, -0.2) is 4.98 Å². The van der Waals surface area contributed by atoms with Gasteiger partial charge >= 0.3 is 0 Å². The number of hydrogen-bond donors (Lipinski definition) is 2. The molecule has 0 saturated carbocycles. The van der Waals surface area contributed by atoms with Crippen molar-refractivity contribution in [3.8, 4) is 0 Å². The largest absolute Gasteiger partial charge is 0.359 e. The van der Waals surface area contributed by atoms with Crippen LogP contribution in [0.3, 0.4) is 0 Å². The first-order valence-corrected chi connectivity index (χ1v) is 5.80. The van der Waals surface area contributed by atoms with Crippen LogP contribution in [0, 0.1) is 0 Å². The number of carbonyl (C=O) groups is 1. The molecule has 15 heavy (non-hydrogen) atoms. The summed E-state index contributed by atoms with van der Waals surface area (Å²) in [7, 11) is 0. The normalized spacial score (nSPS) is 10.0. The second-order valence-electron chi connectivity index (χ2n) is 3.18. The third-order valence-electron chi connectivity index (χ3n) is 1.72. The van der Waals surface area contributed by atoms with E-state index in [-0.39, 0.29) is 5.91 Å². The molecule has 0 aromatic carbocycles. The Kier molecular flexibility index (Phi) is 5.03. The SMILES string of the molecule is CCCc1nsc(NCCNC(C)=O)n1. The first kappa shape index (κ1) is 11.9. The van der Waals surface area contributed by atoms with Crippen molar-refractivity contribution in [1.29, 1.82) is 0 Å². The number of anilines is 1. The molecule has 0 aliphatic heterocycles. The zero-order valence-corrected chi connectivity index (χ0v) is 9.86. The van der Waals surface area contributed by atoms with E-state index in [1.54, 1.807) is 0 Å². The number of amides is 1. The van der Waals surface area contributed by atoms with E-state index >= 15 is 0 Å². The molecular weight excluding hydrogens is 212 g/mol. The number of nitrogens with zero attached hydrogens (tertiary/aromatic N) is 2. The van der Waals surface area contributed by atoms with E-state index in [9.17, 15) is 4.79 Å². The first-order chi connectivity index (χ1) is 7.22. The third kappa shape index (κ3) is 4.73. The van der Waals surface area contributed by atoms with Gasteiger partial charge in [-0.3, -0.25) is 4.79 Å². The van der Waals surface area contributed by atoms with E-state index in [1.165, 1.54) is 18.5 Å². The molecular formula is C9H16N4OS. The Hall–Kier alpha value is -1.17. The third-order valence-corrected chi connectivity index (χ3v) is 2.43. The van der Waals surface area contributed by atoms with Crippen LogP contribution >= 0.6 is 11.5 Å². The summed E-state index contributed by atoms with van der Waals surface area (Å²) >= 11 is 1.36. The Morgan fingerprint density at radius 2 is 2.27 bits per heavy atom. The lowest BCUT2D eigenvalue weighted by molar-refractivity contribution is -0.118. The lowest BCUT2D eigenvalue weighted by atomic mass is 10.3. The summed E-state index contributed by atoms with van der Waals surface area (Å²) < 4.78 is 4.20. The van der Waals surface area contributed by atoms with Gasteiger partial charge in [0.05, 0.1) is 0 Å². The Morgan fingerprint density at radius 1 is 1.47 bits per heavy atom. The number of rotatable bonds is 6. The van der Waals surface area contributed by atoms with Crippen LogP contribution < -0.4 is 10.6 Å². The van der Waals surface area contributed by atoms with Gasteiger partial charge in [-0.05, 0) is 6.42 Å². The van der Waals surface area contributed by atoms with E-state index in [0.29, 0.717) is 13.1 Å². The quantitative estimate of drug-likeness (QED) is 0.714. The van der Waals surface area contributed by atoms with Crippen molar-refractivity contribution in [2.24, 2.45) is 0 Å². The maximum Gasteiger partial charge on any atom is 0.216 e. The van der Waals surface area contributed by atoms with Gasteiger partial charge in [-0.1, -0.05) is 6.92 Å². The second kappa shape index (κ2) is 6.34. The highest BCUT2D eigenvalue weighted by atomic mass is 32.1. The van der Waals surface area contributed by atoms with Crippen LogP contribution in [0.2, 0.25) is 0 Å². The van der Waals surface area contributed by atoms with Crippen LogP contribution in [0.5, 0.6) is 0 Å². The van der Waals surface area contributed by atoms with Gasteiger partial charge in [0.25, 0.3) is 0 Å². The molecule has 1 rings (SSSR count). The highest BCUT2D eigenvalue weighted by molar-refractivity contribution is 7.09. The molecule has 84 valence electrons. The molecule has 0 aliphatic rings. The molecule has 2 N–H and O–H groups in total. The van der Waals surface area contributed by atoms with Crippen molar-refractivity contribution in [3.05, 3.63) is 5.82 Å². The molecule has 1 heterocycles. The van der Waals surface area contributed by atoms with E-state index in [4.69, 9.17) is 0 Å². The minimum absolute atomic E-state index is 0.0132. The summed E-state index contributed by atoms with van der Waals surface area (Å²) in [5.74, 6) is 0.880. The minimum atomic E-state index is -0.0132.